The second kappa shape index (κ2) is 12.5. The number of benzene rings is 1. The lowest BCUT2D eigenvalue weighted by atomic mass is 9.84. The Labute approximate surface area is 209 Å². The fourth-order valence-corrected chi connectivity index (χ4v) is 5.21. The molecule has 0 N–H and O–H groups in total. The van der Waals surface area contributed by atoms with E-state index >= 15 is 0 Å². The quantitative estimate of drug-likeness (QED) is 0.354. The summed E-state index contributed by atoms with van der Waals surface area (Å²) in [5.74, 6) is 0.164. The largest absolute Gasteiger partial charge is 0.333 e. The van der Waals surface area contributed by atoms with Crippen LogP contribution in [0.5, 0.6) is 0 Å². The van der Waals surface area contributed by atoms with Crippen LogP contribution in [0.25, 0.3) is 0 Å². The molecule has 0 aliphatic carbocycles. The Morgan fingerprint density at radius 1 is 0.971 bits per heavy atom. The van der Waals surface area contributed by atoms with Crippen LogP contribution in [0.1, 0.15) is 70.4 Å². The van der Waals surface area contributed by atoms with Crippen molar-refractivity contribution in [2.75, 3.05) is 13.1 Å². The standard InChI is InChI=1S/C28H41FN2O2S/c1-20(2)16-30(26(32)14-21(3)15-28(5,6)7)19-27(33)31(18-25-22(4)12-13-34-25)17-23-8-10-24(29)11-9-23/h8-13,20-21H,14-19H2,1-7H3/t21-/m1/s1. The number of halogens is 1. The zero-order valence-electron chi connectivity index (χ0n) is 21.9. The minimum Gasteiger partial charge on any atom is -0.333 e. The number of amides is 2. The first-order valence-corrected chi connectivity index (χ1v) is 13.0. The van der Waals surface area contributed by atoms with Crippen molar-refractivity contribution in [2.24, 2.45) is 17.3 Å². The molecule has 0 bridgehead atoms. The van der Waals surface area contributed by atoms with E-state index in [9.17, 15) is 14.0 Å². The average Bonchev–Trinajstić information content (AvgIpc) is 3.11. The van der Waals surface area contributed by atoms with Gasteiger partial charge in [-0.15, -0.1) is 11.3 Å². The summed E-state index contributed by atoms with van der Waals surface area (Å²) in [6.07, 6.45) is 1.40. The molecule has 34 heavy (non-hydrogen) atoms. The van der Waals surface area contributed by atoms with Crippen molar-refractivity contribution in [3.05, 3.63) is 57.5 Å². The van der Waals surface area contributed by atoms with Gasteiger partial charge in [0.2, 0.25) is 11.8 Å². The van der Waals surface area contributed by atoms with Crippen molar-refractivity contribution in [3.63, 3.8) is 0 Å². The molecule has 2 amide bonds. The van der Waals surface area contributed by atoms with Crippen LogP contribution in [0.15, 0.2) is 35.7 Å². The van der Waals surface area contributed by atoms with Crippen LogP contribution < -0.4 is 0 Å². The molecule has 2 aromatic rings. The fraction of sp³-hybridized carbons (Fsp3) is 0.571. The number of carbonyl (C=O) groups is 2. The molecule has 0 saturated carbocycles. The topological polar surface area (TPSA) is 40.6 Å². The van der Waals surface area contributed by atoms with Gasteiger partial charge in [-0.1, -0.05) is 53.7 Å². The van der Waals surface area contributed by atoms with Crippen LogP contribution in [0.2, 0.25) is 0 Å². The predicted molar refractivity (Wildman–Crippen MR) is 139 cm³/mol. The molecule has 1 heterocycles. The van der Waals surface area contributed by atoms with Crippen LogP contribution >= 0.6 is 11.3 Å². The Morgan fingerprint density at radius 3 is 2.15 bits per heavy atom. The SMILES string of the molecule is Cc1ccsc1CN(Cc1ccc(F)cc1)C(=O)CN(CC(C)C)C(=O)C[C@@H](C)CC(C)(C)C. The van der Waals surface area contributed by atoms with Gasteiger partial charge < -0.3 is 9.80 Å². The highest BCUT2D eigenvalue weighted by Gasteiger charge is 2.25. The summed E-state index contributed by atoms with van der Waals surface area (Å²) >= 11 is 1.62. The van der Waals surface area contributed by atoms with Crippen molar-refractivity contribution < 1.29 is 14.0 Å². The molecule has 1 aromatic heterocycles. The Bertz CT molecular complexity index is 931. The number of carbonyl (C=O) groups excluding carboxylic acids is 2. The predicted octanol–water partition coefficient (Wildman–Crippen LogP) is 6.67. The van der Waals surface area contributed by atoms with Gasteiger partial charge in [-0.25, -0.2) is 4.39 Å². The molecule has 6 heteroatoms. The average molecular weight is 489 g/mol. The monoisotopic (exact) mass is 488 g/mol. The van der Waals surface area contributed by atoms with E-state index in [1.807, 2.05) is 18.4 Å². The van der Waals surface area contributed by atoms with Crippen LogP contribution in [0, 0.1) is 30.0 Å². The van der Waals surface area contributed by atoms with E-state index in [0.717, 1.165) is 22.4 Å². The van der Waals surface area contributed by atoms with Gasteiger partial charge in [0.1, 0.15) is 5.82 Å². The molecule has 0 radical (unpaired) electrons. The maximum atomic E-state index is 13.5. The van der Waals surface area contributed by atoms with E-state index in [1.54, 1.807) is 33.3 Å². The summed E-state index contributed by atoms with van der Waals surface area (Å²) in [7, 11) is 0. The lowest BCUT2D eigenvalue weighted by molar-refractivity contribution is -0.142. The minimum atomic E-state index is -0.297. The van der Waals surface area contributed by atoms with Gasteiger partial charge in [0, 0.05) is 24.4 Å². The Balaban J connectivity index is 2.18. The molecule has 0 aliphatic heterocycles. The molecule has 0 aliphatic rings. The molecule has 4 nitrogen and oxygen atoms in total. The normalized spacial score (nSPS) is 12.6. The molecule has 0 unspecified atom stereocenters. The smallest absolute Gasteiger partial charge is 0.242 e. The van der Waals surface area contributed by atoms with Gasteiger partial charge in [-0.3, -0.25) is 9.59 Å². The first-order valence-electron chi connectivity index (χ1n) is 12.2. The zero-order valence-corrected chi connectivity index (χ0v) is 22.7. The van der Waals surface area contributed by atoms with Crippen LogP contribution in [-0.2, 0) is 22.7 Å². The summed E-state index contributed by atoms with van der Waals surface area (Å²) in [6, 6.07) is 8.30. The molecule has 2 rings (SSSR count). The van der Waals surface area contributed by atoms with E-state index in [-0.39, 0.29) is 41.4 Å². The van der Waals surface area contributed by atoms with Gasteiger partial charge in [0.05, 0.1) is 13.1 Å². The van der Waals surface area contributed by atoms with Crippen molar-refractivity contribution in [1.82, 2.24) is 9.80 Å². The highest BCUT2D eigenvalue weighted by atomic mass is 32.1. The zero-order chi connectivity index (χ0) is 25.5. The number of thiophene rings is 1. The molecular formula is C28H41FN2O2S. The summed E-state index contributed by atoms with van der Waals surface area (Å²) in [6.45, 7) is 16.3. The molecule has 1 aromatic carbocycles. The third-order valence-electron chi connectivity index (χ3n) is 5.69. The summed E-state index contributed by atoms with van der Waals surface area (Å²) < 4.78 is 13.4. The molecule has 188 valence electrons. The van der Waals surface area contributed by atoms with Gasteiger partial charge in [0.15, 0.2) is 0 Å². The lowest BCUT2D eigenvalue weighted by Gasteiger charge is -2.30. The highest BCUT2D eigenvalue weighted by molar-refractivity contribution is 7.10. The van der Waals surface area contributed by atoms with Gasteiger partial charge in [-0.05, 0) is 65.3 Å². The fourth-order valence-electron chi connectivity index (χ4n) is 4.29. The van der Waals surface area contributed by atoms with E-state index in [0.29, 0.717) is 26.1 Å². The Kier molecular flexibility index (Phi) is 10.3. The van der Waals surface area contributed by atoms with E-state index < -0.39 is 0 Å². The van der Waals surface area contributed by atoms with Crippen molar-refractivity contribution in [1.29, 1.82) is 0 Å². The summed E-state index contributed by atoms with van der Waals surface area (Å²) in [5, 5.41) is 2.02. The molecule has 0 saturated heterocycles. The first kappa shape index (κ1) is 28.0. The number of rotatable bonds is 11. The number of aryl methyl sites for hydroxylation is 1. The van der Waals surface area contributed by atoms with E-state index in [1.165, 1.54) is 12.1 Å². The highest BCUT2D eigenvalue weighted by Crippen LogP contribution is 2.26. The third kappa shape index (κ3) is 9.57. The third-order valence-corrected chi connectivity index (χ3v) is 6.70. The van der Waals surface area contributed by atoms with Gasteiger partial charge >= 0.3 is 0 Å². The Morgan fingerprint density at radius 2 is 1.62 bits per heavy atom. The summed E-state index contributed by atoms with van der Waals surface area (Å²) in [4.78, 5) is 31.4. The van der Waals surface area contributed by atoms with E-state index in [2.05, 4.69) is 41.5 Å². The molecule has 1 atom stereocenters. The minimum absolute atomic E-state index is 0.0350. The van der Waals surface area contributed by atoms with Crippen LogP contribution in [-0.4, -0.2) is 34.7 Å². The Hall–Kier alpha value is -2.21. The van der Waals surface area contributed by atoms with Crippen LogP contribution in [0.4, 0.5) is 4.39 Å². The van der Waals surface area contributed by atoms with E-state index in [4.69, 9.17) is 0 Å². The second-order valence-corrected chi connectivity index (χ2v) is 12.1. The van der Waals surface area contributed by atoms with Gasteiger partial charge in [-0.2, -0.15) is 0 Å². The number of hydrogen-bond donors (Lipinski definition) is 0. The molecular weight excluding hydrogens is 447 g/mol. The van der Waals surface area contributed by atoms with Crippen LogP contribution in [0.3, 0.4) is 0 Å². The van der Waals surface area contributed by atoms with Gasteiger partial charge in [0.25, 0.3) is 0 Å². The maximum absolute atomic E-state index is 13.5. The van der Waals surface area contributed by atoms with Crippen molar-refractivity contribution >= 4 is 23.2 Å². The second-order valence-electron chi connectivity index (χ2n) is 11.1. The maximum Gasteiger partial charge on any atom is 0.242 e. The molecule has 0 spiro atoms. The molecule has 0 fully saturated rings. The first-order chi connectivity index (χ1) is 15.8. The van der Waals surface area contributed by atoms with Crippen molar-refractivity contribution in [2.45, 2.75) is 74.4 Å². The lowest BCUT2D eigenvalue weighted by Crippen LogP contribution is -2.44. The number of hydrogen-bond acceptors (Lipinski definition) is 3. The van der Waals surface area contributed by atoms with Crippen molar-refractivity contribution in [3.8, 4) is 0 Å². The number of nitrogens with zero attached hydrogens (tertiary/aromatic N) is 2. The summed E-state index contributed by atoms with van der Waals surface area (Å²) in [5.41, 5.74) is 2.17.